The third-order valence-electron chi connectivity index (χ3n) is 2.48. The van der Waals surface area contributed by atoms with E-state index in [0.29, 0.717) is 18.4 Å². The third kappa shape index (κ3) is 4.89. The van der Waals surface area contributed by atoms with Gasteiger partial charge in [-0.05, 0) is 5.92 Å². The Morgan fingerprint density at radius 2 is 2.33 bits per heavy atom. The Balaban J connectivity index is 2.27. The van der Waals surface area contributed by atoms with Gasteiger partial charge in [0.2, 0.25) is 5.91 Å². The molecule has 1 aliphatic heterocycles. The lowest BCUT2D eigenvalue weighted by atomic mass is 10.1. The molecule has 88 valence electrons. The van der Waals surface area contributed by atoms with Gasteiger partial charge in [-0.2, -0.15) is 11.8 Å². The van der Waals surface area contributed by atoms with Crippen LogP contribution in [0.25, 0.3) is 0 Å². The molecule has 0 aromatic rings. The lowest BCUT2D eigenvalue weighted by molar-refractivity contribution is -0.130. The van der Waals surface area contributed by atoms with Crippen molar-refractivity contribution >= 4 is 17.7 Å². The largest absolute Gasteiger partial charge is 0.345 e. The zero-order valence-electron chi connectivity index (χ0n) is 9.95. The monoisotopic (exact) mass is 230 g/mol. The van der Waals surface area contributed by atoms with Gasteiger partial charge in [-0.1, -0.05) is 13.8 Å². The van der Waals surface area contributed by atoms with Gasteiger partial charge in [0.15, 0.2) is 0 Å². The van der Waals surface area contributed by atoms with Crippen LogP contribution in [0, 0.1) is 5.92 Å². The van der Waals surface area contributed by atoms with Crippen LogP contribution in [0.3, 0.4) is 0 Å². The van der Waals surface area contributed by atoms with Gasteiger partial charge in [0.1, 0.15) is 0 Å². The van der Waals surface area contributed by atoms with Gasteiger partial charge in [-0.15, -0.1) is 0 Å². The second-order valence-corrected chi connectivity index (χ2v) is 5.75. The summed E-state index contributed by atoms with van der Waals surface area (Å²) in [5, 5.41) is 3.39. The van der Waals surface area contributed by atoms with Crippen LogP contribution in [0.1, 0.15) is 20.3 Å². The maximum atomic E-state index is 11.8. The molecule has 0 bridgehead atoms. The van der Waals surface area contributed by atoms with E-state index in [2.05, 4.69) is 19.2 Å². The van der Waals surface area contributed by atoms with E-state index in [0.717, 1.165) is 18.8 Å². The first kappa shape index (κ1) is 12.8. The second kappa shape index (κ2) is 6.38. The van der Waals surface area contributed by atoms with Crippen molar-refractivity contribution in [1.82, 2.24) is 10.2 Å². The summed E-state index contributed by atoms with van der Waals surface area (Å²) in [6.45, 7) is 6.17. The molecule has 1 aliphatic rings. The van der Waals surface area contributed by atoms with E-state index in [1.54, 1.807) is 0 Å². The van der Waals surface area contributed by atoms with Crippen LogP contribution in [0.2, 0.25) is 0 Å². The molecule has 1 N–H and O–H groups in total. The maximum Gasteiger partial charge on any atom is 0.223 e. The molecule has 1 atom stereocenters. The molecule has 1 saturated heterocycles. The molecular formula is C11H22N2OS. The smallest absolute Gasteiger partial charge is 0.223 e. The van der Waals surface area contributed by atoms with E-state index in [1.165, 1.54) is 5.75 Å². The van der Waals surface area contributed by atoms with Gasteiger partial charge in [-0.25, -0.2) is 0 Å². The van der Waals surface area contributed by atoms with Crippen molar-refractivity contribution in [2.45, 2.75) is 26.3 Å². The Labute approximate surface area is 97.0 Å². The lowest BCUT2D eigenvalue weighted by Gasteiger charge is -2.26. The molecule has 1 fully saturated rings. The highest BCUT2D eigenvalue weighted by Crippen LogP contribution is 2.11. The van der Waals surface area contributed by atoms with Crippen LogP contribution in [0.15, 0.2) is 0 Å². The van der Waals surface area contributed by atoms with Crippen LogP contribution < -0.4 is 5.32 Å². The number of hydrogen-bond donors (Lipinski definition) is 1. The fourth-order valence-corrected chi connectivity index (χ4v) is 2.72. The van der Waals surface area contributed by atoms with Gasteiger partial charge in [-0.3, -0.25) is 4.79 Å². The number of carbonyl (C=O) groups excluding carboxylic acids is 1. The van der Waals surface area contributed by atoms with E-state index >= 15 is 0 Å². The van der Waals surface area contributed by atoms with E-state index in [4.69, 9.17) is 0 Å². The molecular weight excluding hydrogens is 208 g/mol. The Morgan fingerprint density at radius 1 is 1.60 bits per heavy atom. The lowest BCUT2D eigenvalue weighted by Crippen LogP contribution is -2.42. The summed E-state index contributed by atoms with van der Waals surface area (Å²) in [5.74, 6) is 3.06. The Morgan fingerprint density at radius 3 is 2.87 bits per heavy atom. The van der Waals surface area contributed by atoms with Crippen LogP contribution in [0.5, 0.6) is 0 Å². The first-order valence-corrected chi connectivity index (χ1v) is 6.80. The van der Waals surface area contributed by atoms with E-state index in [-0.39, 0.29) is 5.91 Å². The second-order valence-electron chi connectivity index (χ2n) is 4.60. The summed E-state index contributed by atoms with van der Waals surface area (Å²) in [7, 11) is 1.90. The molecule has 3 nitrogen and oxygen atoms in total. The van der Waals surface area contributed by atoms with Crippen LogP contribution in [-0.4, -0.2) is 48.5 Å². The minimum absolute atomic E-state index is 0.267. The Hall–Kier alpha value is -0.220. The predicted molar refractivity (Wildman–Crippen MR) is 66.2 cm³/mol. The van der Waals surface area contributed by atoms with Crippen molar-refractivity contribution in [3.63, 3.8) is 0 Å². The highest BCUT2D eigenvalue weighted by Gasteiger charge is 2.19. The van der Waals surface area contributed by atoms with Gasteiger partial charge >= 0.3 is 0 Å². The Kier molecular flexibility index (Phi) is 5.47. The molecule has 4 heteroatoms. The molecule has 15 heavy (non-hydrogen) atoms. The quantitative estimate of drug-likeness (QED) is 0.787. The van der Waals surface area contributed by atoms with Gasteiger partial charge < -0.3 is 10.2 Å². The normalized spacial score (nSPS) is 21.7. The summed E-state index contributed by atoms with van der Waals surface area (Å²) in [6.07, 6.45) is 0.649. The topological polar surface area (TPSA) is 32.3 Å². The van der Waals surface area contributed by atoms with Crippen LogP contribution in [-0.2, 0) is 4.79 Å². The van der Waals surface area contributed by atoms with Crippen molar-refractivity contribution in [3.8, 4) is 0 Å². The van der Waals surface area contributed by atoms with E-state index < -0.39 is 0 Å². The highest BCUT2D eigenvalue weighted by atomic mass is 32.2. The van der Waals surface area contributed by atoms with Crippen molar-refractivity contribution in [2.24, 2.45) is 5.92 Å². The van der Waals surface area contributed by atoms with Crippen LogP contribution >= 0.6 is 11.8 Å². The minimum Gasteiger partial charge on any atom is -0.345 e. The molecule has 1 amide bonds. The first-order chi connectivity index (χ1) is 7.09. The predicted octanol–water partition coefficient (Wildman–Crippen LogP) is 1.20. The molecule has 1 rings (SSSR count). The fourth-order valence-electron chi connectivity index (χ4n) is 1.77. The Bertz CT molecular complexity index is 203. The summed E-state index contributed by atoms with van der Waals surface area (Å²) >= 11 is 1.94. The molecule has 1 unspecified atom stereocenters. The highest BCUT2D eigenvalue weighted by molar-refractivity contribution is 7.99. The van der Waals surface area contributed by atoms with E-state index in [9.17, 15) is 4.79 Å². The summed E-state index contributed by atoms with van der Waals surface area (Å²) < 4.78 is 0. The SMILES string of the molecule is CC(C)CN(C)C(=O)CC1CSCCN1. The number of thioether (sulfide) groups is 1. The number of carbonyl (C=O) groups is 1. The molecule has 1 heterocycles. The minimum atomic E-state index is 0.267. The van der Waals surface area contributed by atoms with Crippen molar-refractivity contribution < 1.29 is 4.79 Å². The molecule has 0 radical (unpaired) electrons. The zero-order chi connectivity index (χ0) is 11.3. The number of amides is 1. The number of rotatable bonds is 4. The molecule has 0 aliphatic carbocycles. The van der Waals surface area contributed by atoms with Gasteiger partial charge in [0.25, 0.3) is 0 Å². The standard InChI is InChI=1S/C11H22N2OS/c1-9(2)7-13(3)11(14)6-10-8-15-5-4-12-10/h9-10,12H,4-8H2,1-3H3. The molecule has 0 spiro atoms. The average molecular weight is 230 g/mol. The summed E-state index contributed by atoms with van der Waals surface area (Å²) in [5.41, 5.74) is 0. The van der Waals surface area contributed by atoms with Crippen molar-refractivity contribution in [3.05, 3.63) is 0 Å². The average Bonchev–Trinajstić information content (AvgIpc) is 2.18. The van der Waals surface area contributed by atoms with Gasteiger partial charge in [0.05, 0.1) is 0 Å². The summed E-state index contributed by atoms with van der Waals surface area (Å²) in [6, 6.07) is 0.380. The van der Waals surface area contributed by atoms with Crippen molar-refractivity contribution in [2.75, 3.05) is 31.6 Å². The first-order valence-electron chi connectivity index (χ1n) is 5.64. The fraction of sp³-hybridized carbons (Fsp3) is 0.909. The molecule has 0 saturated carbocycles. The molecule has 0 aromatic carbocycles. The maximum absolute atomic E-state index is 11.8. The third-order valence-corrected chi connectivity index (χ3v) is 3.62. The number of nitrogens with zero attached hydrogens (tertiary/aromatic N) is 1. The number of hydrogen-bond acceptors (Lipinski definition) is 3. The molecule has 0 aromatic heterocycles. The van der Waals surface area contributed by atoms with E-state index in [1.807, 2.05) is 23.7 Å². The zero-order valence-corrected chi connectivity index (χ0v) is 10.8. The van der Waals surface area contributed by atoms with Crippen LogP contribution in [0.4, 0.5) is 0 Å². The number of nitrogens with one attached hydrogen (secondary N) is 1. The van der Waals surface area contributed by atoms with Crippen molar-refractivity contribution in [1.29, 1.82) is 0 Å². The van der Waals surface area contributed by atoms with Gasteiger partial charge in [0, 0.05) is 44.1 Å². The summed E-state index contributed by atoms with van der Waals surface area (Å²) in [4.78, 5) is 13.7.